The molecule has 0 unspecified atom stereocenters. The first-order valence-corrected chi connectivity index (χ1v) is 6.92. The Hall–Kier alpha value is -1.10. The van der Waals surface area contributed by atoms with Crippen molar-refractivity contribution in [3.05, 3.63) is 29.8 Å². The number of hydrogen-bond donors (Lipinski definition) is 2. The fraction of sp³-hybridized carbons (Fsp3) is 0.600. The predicted octanol–water partition coefficient (Wildman–Crippen LogP) is 1.19. The van der Waals surface area contributed by atoms with Crippen LogP contribution in [0, 0.1) is 6.92 Å². The van der Waals surface area contributed by atoms with Crippen LogP contribution in [0.2, 0.25) is 0 Å². The van der Waals surface area contributed by atoms with Gasteiger partial charge >= 0.3 is 0 Å². The van der Waals surface area contributed by atoms with E-state index in [4.69, 9.17) is 4.74 Å². The van der Waals surface area contributed by atoms with E-state index in [1.807, 2.05) is 31.2 Å². The van der Waals surface area contributed by atoms with Crippen molar-refractivity contribution < 1.29 is 14.9 Å². The van der Waals surface area contributed by atoms with Crippen molar-refractivity contribution in [3.63, 3.8) is 0 Å². The molecule has 0 saturated carbocycles. The first-order chi connectivity index (χ1) is 9.15. The van der Waals surface area contributed by atoms with Gasteiger partial charge in [0.1, 0.15) is 18.5 Å². The van der Waals surface area contributed by atoms with Crippen LogP contribution in [-0.2, 0) is 0 Å². The summed E-state index contributed by atoms with van der Waals surface area (Å²) in [4.78, 5) is 2.10. The minimum Gasteiger partial charge on any atom is -0.491 e. The SMILES string of the molecule is Cc1ccccc1OC[C@@H](O)CN1CCC[C@H](O)C1. The molecule has 4 heteroatoms. The first-order valence-electron chi connectivity index (χ1n) is 6.92. The molecule has 4 nitrogen and oxygen atoms in total. The van der Waals surface area contributed by atoms with Crippen LogP contribution in [0.4, 0.5) is 0 Å². The highest BCUT2D eigenvalue weighted by Crippen LogP contribution is 2.16. The van der Waals surface area contributed by atoms with Gasteiger partial charge in [0.15, 0.2) is 0 Å². The van der Waals surface area contributed by atoms with E-state index < -0.39 is 6.10 Å². The van der Waals surface area contributed by atoms with E-state index in [1.165, 1.54) is 0 Å². The molecule has 1 aliphatic heterocycles. The summed E-state index contributed by atoms with van der Waals surface area (Å²) in [7, 11) is 0. The van der Waals surface area contributed by atoms with Crippen molar-refractivity contribution in [1.29, 1.82) is 0 Å². The van der Waals surface area contributed by atoms with Crippen LogP contribution in [0.3, 0.4) is 0 Å². The van der Waals surface area contributed by atoms with Crippen LogP contribution in [0.5, 0.6) is 5.75 Å². The van der Waals surface area contributed by atoms with Crippen molar-refractivity contribution >= 4 is 0 Å². The van der Waals surface area contributed by atoms with Crippen LogP contribution in [0.25, 0.3) is 0 Å². The highest BCUT2D eigenvalue weighted by molar-refractivity contribution is 5.31. The molecule has 0 bridgehead atoms. The number of aryl methyl sites for hydroxylation is 1. The van der Waals surface area contributed by atoms with Crippen LogP contribution < -0.4 is 4.74 Å². The molecule has 106 valence electrons. The van der Waals surface area contributed by atoms with E-state index >= 15 is 0 Å². The van der Waals surface area contributed by atoms with Gasteiger partial charge in [0.2, 0.25) is 0 Å². The van der Waals surface area contributed by atoms with E-state index in [1.54, 1.807) is 0 Å². The molecule has 1 aromatic rings. The fourth-order valence-electron chi connectivity index (χ4n) is 2.45. The molecule has 1 aromatic carbocycles. The fourth-order valence-corrected chi connectivity index (χ4v) is 2.45. The Morgan fingerprint density at radius 3 is 2.95 bits per heavy atom. The Bertz CT molecular complexity index is 397. The van der Waals surface area contributed by atoms with Crippen molar-refractivity contribution in [1.82, 2.24) is 4.90 Å². The number of rotatable bonds is 5. The van der Waals surface area contributed by atoms with Crippen molar-refractivity contribution in [2.45, 2.75) is 32.0 Å². The molecule has 0 radical (unpaired) electrons. The standard InChI is InChI=1S/C15H23NO3/c1-12-5-2-3-7-15(12)19-11-14(18)10-16-8-4-6-13(17)9-16/h2-3,5,7,13-14,17-18H,4,6,8-11H2,1H3/t13-,14-/m0/s1. The molecule has 19 heavy (non-hydrogen) atoms. The first kappa shape index (κ1) is 14.3. The Labute approximate surface area is 114 Å². The quantitative estimate of drug-likeness (QED) is 0.840. The smallest absolute Gasteiger partial charge is 0.122 e. The van der Waals surface area contributed by atoms with Gasteiger partial charge < -0.3 is 14.9 Å². The molecule has 0 aromatic heterocycles. The average molecular weight is 265 g/mol. The van der Waals surface area contributed by atoms with Gasteiger partial charge in [0.25, 0.3) is 0 Å². The van der Waals surface area contributed by atoms with Gasteiger partial charge in [-0.25, -0.2) is 0 Å². The third-order valence-corrected chi connectivity index (χ3v) is 3.47. The Morgan fingerprint density at radius 1 is 1.42 bits per heavy atom. The maximum atomic E-state index is 9.99. The Kier molecular flexibility index (Phi) is 5.19. The summed E-state index contributed by atoms with van der Waals surface area (Å²) in [5.41, 5.74) is 1.07. The number of hydrogen-bond acceptors (Lipinski definition) is 4. The third-order valence-electron chi connectivity index (χ3n) is 3.47. The maximum absolute atomic E-state index is 9.99. The second kappa shape index (κ2) is 6.89. The second-order valence-electron chi connectivity index (χ2n) is 5.29. The molecule has 1 saturated heterocycles. The summed E-state index contributed by atoms with van der Waals surface area (Å²) < 4.78 is 5.63. The van der Waals surface area contributed by atoms with Crippen LogP contribution >= 0.6 is 0 Å². The normalized spacial score (nSPS) is 22.2. The van der Waals surface area contributed by atoms with Gasteiger partial charge in [-0.3, -0.25) is 4.90 Å². The highest BCUT2D eigenvalue weighted by atomic mass is 16.5. The maximum Gasteiger partial charge on any atom is 0.122 e. The van der Waals surface area contributed by atoms with Crippen LogP contribution in [0.1, 0.15) is 18.4 Å². The molecule has 0 spiro atoms. The van der Waals surface area contributed by atoms with E-state index in [0.29, 0.717) is 13.1 Å². The lowest BCUT2D eigenvalue weighted by atomic mass is 10.1. The van der Waals surface area contributed by atoms with E-state index in [0.717, 1.165) is 30.7 Å². The number of likely N-dealkylation sites (tertiary alicyclic amines) is 1. The lowest BCUT2D eigenvalue weighted by molar-refractivity contribution is 0.0242. The van der Waals surface area contributed by atoms with Crippen molar-refractivity contribution in [2.75, 3.05) is 26.2 Å². The molecule has 1 fully saturated rings. The summed E-state index contributed by atoms with van der Waals surface area (Å²) in [5, 5.41) is 19.6. The Balaban J connectivity index is 1.75. The van der Waals surface area contributed by atoms with Crippen molar-refractivity contribution in [3.8, 4) is 5.75 Å². The number of para-hydroxylation sites is 1. The zero-order valence-electron chi connectivity index (χ0n) is 11.5. The molecule has 0 aliphatic carbocycles. The molecular weight excluding hydrogens is 242 g/mol. The highest BCUT2D eigenvalue weighted by Gasteiger charge is 2.20. The van der Waals surface area contributed by atoms with Gasteiger partial charge in [-0.1, -0.05) is 18.2 Å². The zero-order valence-corrected chi connectivity index (χ0v) is 11.5. The summed E-state index contributed by atoms with van der Waals surface area (Å²) in [5.74, 6) is 0.820. The van der Waals surface area contributed by atoms with Gasteiger partial charge in [0.05, 0.1) is 6.10 Å². The molecule has 0 amide bonds. The number of aliphatic hydroxyl groups excluding tert-OH is 2. The summed E-state index contributed by atoms with van der Waals surface area (Å²) >= 11 is 0. The van der Waals surface area contributed by atoms with Gasteiger partial charge in [-0.05, 0) is 37.9 Å². The van der Waals surface area contributed by atoms with Gasteiger partial charge in [0, 0.05) is 13.1 Å². The topological polar surface area (TPSA) is 52.9 Å². The van der Waals surface area contributed by atoms with Crippen molar-refractivity contribution in [2.24, 2.45) is 0 Å². The summed E-state index contributed by atoms with van der Waals surface area (Å²) in [6.07, 6.45) is 1.09. The number of ether oxygens (including phenoxy) is 1. The lowest BCUT2D eigenvalue weighted by Crippen LogP contribution is -2.43. The number of benzene rings is 1. The average Bonchev–Trinajstić information content (AvgIpc) is 2.38. The monoisotopic (exact) mass is 265 g/mol. The summed E-state index contributed by atoms with van der Waals surface area (Å²) in [6, 6.07) is 7.79. The third kappa shape index (κ3) is 4.49. The van der Waals surface area contributed by atoms with Crippen LogP contribution in [0.15, 0.2) is 24.3 Å². The predicted molar refractivity (Wildman–Crippen MR) is 74.4 cm³/mol. The zero-order chi connectivity index (χ0) is 13.7. The molecular formula is C15H23NO3. The largest absolute Gasteiger partial charge is 0.491 e. The van der Waals surface area contributed by atoms with Gasteiger partial charge in [-0.15, -0.1) is 0 Å². The van der Waals surface area contributed by atoms with E-state index in [2.05, 4.69) is 4.90 Å². The lowest BCUT2D eigenvalue weighted by Gasteiger charge is -2.31. The van der Waals surface area contributed by atoms with E-state index in [-0.39, 0.29) is 12.7 Å². The molecule has 2 rings (SSSR count). The van der Waals surface area contributed by atoms with E-state index in [9.17, 15) is 10.2 Å². The minimum atomic E-state index is -0.523. The van der Waals surface area contributed by atoms with Crippen LogP contribution in [-0.4, -0.2) is 53.6 Å². The Morgan fingerprint density at radius 2 is 2.21 bits per heavy atom. The molecule has 1 heterocycles. The number of aliphatic hydroxyl groups is 2. The summed E-state index contributed by atoms with van der Waals surface area (Å²) in [6.45, 7) is 4.43. The van der Waals surface area contributed by atoms with Gasteiger partial charge in [-0.2, -0.15) is 0 Å². The molecule has 1 aliphatic rings. The number of piperidine rings is 1. The molecule has 2 atom stereocenters. The second-order valence-corrected chi connectivity index (χ2v) is 5.29. The minimum absolute atomic E-state index is 0.252. The number of nitrogens with zero attached hydrogens (tertiary/aromatic N) is 1. The number of β-amino-alcohol motifs (C(OH)–C–C–N with tert-alkyl or cyclic N) is 2. The molecule has 2 N–H and O–H groups in total.